The number of ether oxygens (including phenoxy) is 1. The number of esters is 1. The highest BCUT2D eigenvalue weighted by Crippen LogP contribution is 2.32. The number of carbonyl (C=O) groups excluding carboxylic acids is 3. The Balaban J connectivity index is 1.94. The molecule has 1 saturated heterocycles. The lowest BCUT2D eigenvalue weighted by molar-refractivity contribution is -0.139. The van der Waals surface area contributed by atoms with E-state index in [1.807, 2.05) is 32.6 Å². The second-order valence-electron chi connectivity index (χ2n) is 9.53. The van der Waals surface area contributed by atoms with Crippen LogP contribution in [0.1, 0.15) is 52.6 Å². The molecule has 35 heavy (non-hydrogen) atoms. The van der Waals surface area contributed by atoms with Crippen molar-refractivity contribution in [3.8, 4) is 0 Å². The van der Waals surface area contributed by atoms with Crippen LogP contribution in [0.3, 0.4) is 0 Å². The minimum absolute atomic E-state index is 0.00755. The minimum Gasteiger partial charge on any atom is -0.463 e. The van der Waals surface area contributed by atoms with Gasteiger partial charge in [0.2, 0.25) is 5.91 Å². The molecule has 2 heterocycles. The number of hydrogen-bond donors (Lipinski definition) is 1. The van der Waals surface area contributed by atoms with Crippen molar-refractivity contribution in [3.63, 3.8) is 0 Å². The molecule has 192 valence electrons. The average Bonchev–Trinajstić information content (AvgIpc) is 2.78. The van der Waals surface area contributed by atoms with Crippen molar-refractivity contribution in [1.29, 1.82) is 0 Å². The summed E-state index contributed by atoms with van der Waals surface area (Å²) in [5.74, 6) is -0.537. The molecule has 1 N–H and O–H groups in total. The Hall–Kier alpha value is -2.94. The number of urea groups is 1. The van der Waals surface area contributed by atoms with Gasteiger partial charge in [0.15, 0.2) is 0 Å². The van der Waals surface area contributed by atoms with Crippen molar-refractivity contribution >= 4 is 17.9 Å². The van der Waals surface area contributed by atoms with Crippen LogP contribution in [-0.2, 0) is 14.3 Å². The molecule has 1 aromatic carbocycles. The fraction of sp³-hybridized carbons (Fsp3) is 0.577. The quantitative estimate of drug-likeness (QED) is 0.568. The second kappa shape index (κ2) is 11.7. The lowest BCUT2D eigenvalue weighted by Crippen LogP contribution is -2.56. The third kappa shape index (κ3) is 6.20. The Morgan fingerprint density at radius 1 is 1.23 bits per heavy atom. The molecule has 1 aromatic rings. The third-order valence-corrected chi connectivity index (χ3v) is 6.42. The molecule has 0 saturated carbocycles. The highest BCUT2D eigenvalue weighted by atomic mass is 19.1. The van der Waals surface area contributed by atoms with Gasteiger partial charge < -0.3 is 15.0 Å². The molecule has 2 atom stereocenters. The lowest BCUT2D eigenvalue weighted by atomic mass is 9.94. The number of halogens is 1. The number of likely N-dealkylation sites (N-methyl/N-ethyl adjacent to an activating group) is 1. The highest BCUT2D eigenvalue weighted by Gasteiger charge is 2.39. The van der Waals surface area contributed by atoms with Gasteiger partial charge in [-0.05, 0) is 44.4 Å². The maximum absolute atomic E-state index is 14.0. The van der Waals surface area contributed by atoms with Crippen molar-refractivity contribution in [2.45, 2.75) is 53.1 Å². The van der Waals surface area contributed by atoms with E-state index in [0.717, 1.165) is 0 Å². The molecule has 0 aromatic heterocycles. The van der Waals surface area contributed by atoms with E-state index in [9.17, 15) is 18.8 Å². The van der Waals surface area contributed by atoms with Gasteiger partial charge in [-0.25, -0.2) is 14.0 Å². The highest BCUT2D eigenvalue weighted by molar-refractivity contribution is 5.95. The van der Waals surface area contributed by atoms with Gasteiger partial charge >= 0.3 is 12.0 Å². The average molecular weight is 489 g/mol. The van der Waals surface area contributed by atoms with E-state index in [0.29, 0.717) is 61.9 Å². The van der Waals surface area contributed by atoms with Gasteiger partial charge in [0, 0.05) is 50.9 Å². The summed E-state index contributed by atoms with van der Waals surface area (Å²) in [4.78, 5) is 44.5. The van der Waals surface area contributed by atoms with Crippen LogP contribution in [-0.4, -0.2) is 78.0 Å². The first kappa shape index (κ1) is 26.7. The van der Waals surface area contributed by atoms with Crippen molar-refractivity contribution < 1.29 is 23.5 Å². The lowest BCUT2D eigenvalue weighted by Gasteiger charge is -2.43. The number of nitrogens with zero attached hydrogens (tertiary/aromatic N) is 3. The van der Waals surface area contributed by atoms with Gasteiger partial charge in [-0.15, -0.1) is 0 Å². The maximum atomic E-state index is 14.0. The van der Waals surface area contributed by atoms with E-state index in [-0.39, 0.29) is 24.6 Å². The molecular formula is C26H37FN4O4. The monoisotopic (exact) mass is 488 g/mol. The van der Waals surface area contributed by atoms with Crippen LogP contribution < -0.4 is 5.32 Å². The Labute approximate surface area is 207 Å². The smallest absolute Gasteiger partial charge is 0.338 e. The van der Waals surface area contributed by atoms with Crippen LogP contribution in [0.25, 0.3) is 0 Å². The Morgan fingerprint density at radius 3 is 2.57 bits per heavy atom. The first-order chi connectivity index (χ1) is 16.7. The molecule has 1 fully saturated rings. The summed E-state index contributed by atoms with van der Waals surface area (Å²) >= 11 is 0. The van der Waals surface area contributed by atoms with Crippen LogP contribution in [0.4, 0.5) is 9.18 Å². The SMILES string of the molecule is CCOC(=O)C1=C(CN2CCN(C(=O)CC(C)C)C(C)C2)N(CC)C(=O)NC1c1cccc(F)c1. The molecule has 2 aliphatic heterocycles. The fourth-order valence-corrected chi connectivity index (χ4v) is 4.82. The first-order valence-corrected chi connectivity index (χ1v) is 12.4. The summed E-state index contributed by atoms with van der Waals surface area (Å²) in [7, 11) is 0. The van der Waals surface area contributed by atoms with E-state index in [1.54, 1.807) is 24.0 Å². The van der Waals surface area contributed by atoms with Crippen LogP contribution in [0.2, 0.25) is 0 Å². The topological polar surface area (TPSA) is 82.2 Å². The summed E-state index contributed by atoms with van der Waals surface area (Å²) in [5, 5.41) is 2.86. The zero-order chi connectivity index (χ0) is 25.7. The number of nitrogens with one attached hydrogen (secondary N) is 1. The number of hydrogen-bond acceptors (Lipinski definition) is 5. The molecule has 9 heteroatoms. The molecule has 0 aliphatic carbocycles. The van der Waals surface area contributed by atoms with E-state index in [2.05, 4.69) is 10.2 Å². The van der Waals surface area contributed by atoms with Crippen LogP contribution in [0.5, 0.6) is 0 Å². The Morgan fingerprint density at radius 2 is 1.97 bits per heavy atom. The van der Waals surface area contributed by atoms with E-state index >= 15 is 0 Å². The minimum atomic E-state index is -0.818. The van der Waals surface area contributed by atoms with Crippen molar-refractivity contribution in [2.75, 3.05) is 39.3 Å². The normalized spacial score (nSPS) is 21.4. The molecule has 2 aliphatic rings. The number of carbonyl (C=O) groups is 3. The van der Waals surface area contributed by atoms with Gasteiger partial charge in [0.1, 0.15) is 5.82 Å². The number of benzene rings is 1. The van der Waals surface area contributed by atoms with Gasteiger partial charge in [-0.1, -0.05) is 26.0 Å². The maximum Gasteiger partial charge on any atom is 0.338 e. The largest absolute Gasteiger partial charge is 0.463 e. The molecule has 2 unspecified atom stereocenters. The van der Waals surface area contributed by atoms with Gasteiger partial charge in [0.25, 0.3) is 0 Å². The molecule has 0 spiro atoms. The second-order valence-corrected chi connectivity index (χ2v) is 9.53. The zero-order valence-corrected chi connectivity index (χ0v) is 21.3. The number of amides is 3. The van der Waals surface area contributed by atoms with Gasteiger partial charge in [0.05, 0.1) is 18.2 Å². The van der Waals surface area contributed by atoms with Gasteiger partial charge in [-0.3, -0.25) is 14.6 Å². The summed E-state index contributed by atoms with van der Waals surface area (Å²) in [6.45, 7) is 12.4. The molecule has 0 bridgehead atoms. The molecule has 3 rings (SSSR count). The fourth-order valence-electron chi connectivity index (χ4n) is 4.82. The van der Waals surface area contributed by atoms with Crippen molar-refractivity contribution in [2.24, 2.45) is 5.92 Å². The van der Waals surface area contributed by atoms with Crippen LogP contribution in [0, 0.1) is 11.7 Å². The molecule has 3 amide bonds. The predicted molar refractivity (Wildman–Crippen MR) is 131 cm³/mol. The number of piperazine rings is 1. The summed E-state index contributed by atoms with van der Waals surface area (Å²) in [6, 6.07) is 4.74. The predicted octanol–water partition coefficient (Wildman–Crippen LogP) is 3.31. The Bertz CT molecular complexity index is 980. The van der Waals surface area contributed by atoms with Crippen molar-refractivity contribution in [3.05, 3.63) is 46.9 Å². The van der Waals surface area contributed by atoms with E-state index in [4.69, 9.17) is 4.74 Å². The van der Waals surface area contributed by atoms with E-state index in [1.165, 1.54) is 12.1 Å². The third-order valence-electron chi connectivity index (χ3n) is 6.42. The number of rotatable bonds is 8. The Kier molecular flexibility index (Phi) is 8.88. The summed E-state index contributed by atoms with van der Waals surface area (Å²) < 4.78 is 19.4. The first-order valence-electron chi connectivity index (χ1n) is 12.4. The summed E-state index contributed by atoms with van der Waals surface area (Å²) in [6.07, 6.45) is 0.515. The van der Waals surface area contributed by atoms with Crippen LogP contribution >= 0.6 is 0 Å². The van der Waals surface area contributed by atoms with Crippen molar-refractivity contribution in [1.82, 2.24) is 20.0 Å². The molecule has 8 nitrogen and oxygen atoms in total. The zero-order valence-electron chi connectivity index (χ0n) is 21.3. The van der Waals surface area contributed by atoms with Crippen LogP contribution in [0.15, 0.2) is 35.5 Å². The van der Waals surface area contributed by atoms with Gasteiger partial charge in [-0.2, -0.15) is 0 Å². The standard InChI is InChI=1S/C26H37FN4O4/c1-6-30-21(16-29-11-12-31(18(5)15-29)22(32)13-17(3)4)23(25(33)35-7-2)24(28-26(30)34)19-9-8-10-20(27)14-19/h8-10,14,17-18,24H,6-7,11-13,15-16H2,1-5H3,(H,28,34). The molecular weight excluding hydrogens is 451 g/mol. The summed E-state index contributed by atoms with van der Waals surface area (Å²) in [5.41, 5.74) is 1.34. The van der Waals surface area contributed by atoms with E-state index < -0.39 is 17.8 Å². The molecule has 0 radical (unpaired) electrons.